The molecular formula is C9H13B2F3. The Morgan fingerprint density at radius 2 is 1.29 bits per heavy atom. The summed E-state index contributed by atoms with van der Waals surface area (Å²) in [5.74, 6) is -1.14. The van der Waals surface area contributed by atoms with Crippen LogP contribution in [-0.4, -0.2) is 21.9 Å². The second kappa shape index (κ2) is 3.82. The lowest BCUT2D eigenvalue weighted by Crippen LogP contribution is -2.32. The van der Waals surface area contributed by atoms with Gasteiger partial charge in [0.25, 0.3) is 0 Å². The molecule has 5 heteroatoms. The van der Waals surface area contributed by atoms with Gasteiger partial charge in [0.2, 0.25) is 0 Å². The first-order valence-corrected chi connectivity index (χ1v) is 4.85. The summed E-state index contributed by atoms with van der Waals surface area (Å²) in [6.07, 6.45) is -2.76. The maximum absolute atomic E-state index is 12.3. The molecule has 0 saturated heterocycles. The minimum Gasteiger partial charge on any atom is -0.171 e. The van der Waals surface area contributed by atoms with Crippen molar-refractivity contribution in [3.05, 3.63) is 0 Å². The first-order chi connectivity index (χ1) is 6.21. The Hall–Kier alpha value is -0.0801. The topological polar surface area (TPSA) is 0 Å². The molecule has 14 heavy (non-hydrogen) atoms. The van der Waals surface area contributed by atoms with Gasteiger partial charge in [-0.3, -0.25) is 0 Å². The summed E-state index contributed by atoms with van der Waals surface area (Å²) >= 11 is 0. The smallest absolute Gasteiger partial charge is 0.171 e. The molecule has 0 N–H and O–H groups in total. The zero-order valence-corrected chi connectivity index (χ0v) is 8.27. The molecule has 0 nitrogen and oxygen atoms in total. The van der Waals surface area contributed by atoms with Crippen LogP contribution in [0, 0.1) is 11.8 Å². The molecule has 0 spiro atoms. The van der Waals surface area contributed by atoms with Gasteiger partial charge in [0.05, 0.1) is 21.6 Å². The molecule has 1 rings (SSSR count). The first kappa shape index (κ1) is 12.0. The Labute approximate surface area is 85.5 Å². The molecule has 0 aliphatic heterocycles. The van der Waals surface area contributed by atoms with Crippen molar-refractivity contribution in [2.45, 2.75) is 44.0 Å². The van der Waals surface area contributed by atoms with E-state index in [-0.39, 0.29) is 18.8 Å². The summed E-state index contributed by atoms with van der Waals surface area (Å²) < 4.78 is 36.9. The third-order valence-corrected chi connectivity index (χ3v) is 3.07. The molecule has 0 amide bonds. The van der Waals surface area contributed by atoms with E-state index in [4.69, 9.17) is 15.7 Å². The predicted molar refractivity (Wildman–Crippen MR) is 51.4 cm³/mol. The van der Waals surface area contributed by atoms with E-state index in [9.17, 15) is 13.2 Å². The van der Waals surface area contributed by atoms with Gasteiger partial charge in [-0.2, -0.15) is 13.2 Å². The second-order valence-electron chi connectivity index (χ2n) is 4.46. The summed E-state index contributed by atoms with van der Waals surface area (Å²) in [4.78, 5) is 0. The van der Waals surface area contributed by atoms with Crippen LogP contribution in [0.15, 0.2) is 0 Å². The largest absolute Gasteiger partial charge is 0.391 e. The SMILES string of the molecule is [B]C([B])(C)C1CCC(C(F)(F)F)CC1. The van der Waals surface area contributed by atoms with Gasteiger partial charge in [-0.1, -0.05) is 30.9 Å². The number of rotatable bonds is 1. The van der Waals surface area contributed by atoms with E-state index in [0.29, 0.717) is 12.8 Å². The molecule has 0 aromatic rings. The van der Waals surface area contributed by atoms with Crippen molar-refractivity contribution in [1.29, 1.82) is 0 Å². The summed E-state index contributed by atoms with van der Waals surface area (Å²) in [5.41, 5.74) is 0. The van der Waals surface area contributed by atoms with Crippen molar-refractivity contribution in [3.63, 3.8) is 0 Å². The van der Waals surface area contributed by atoms with Gasteiger partial charge >= 0.3 is 6.18 Å². The summed E-state index contributed by atoms with van der Waals surface area (Å²) in [6, 6.07) is 0. The van der Waals surface area contributed by atoms with Gasteiger partial charge in [0.1, 0.15) is 0 Å². The molecule has 1 aliphatic rings. The minimum atomic E-state index is -4.05. The van der Waals surface area contributed by atoms with Gasteiger partial charge < -0.3 is 0 Å². The van der Waals surface area contributed by atoms with Gasteiger partial charge in [-0.05, 0) is 12.8 Å². The molecule has 0 unspecified atom stereocenters. The summed E-state index contributed by atoms with van der Waals surface area (Å²) in [5, 5.41) is -0.837. The number of halogens is 3. The third kappa shape index (κ3) is 2.96. The van der Waals surface area contributed by atoms with Crippen molar-refractivity contribution in [3.8, 4) is 0 Å². The van der Waals surface area contributed by atoms with Crippen LogP contribution in [0.4, 0.5) is 13.2 Å². The fourth-order valence-electron chi connectivity index (χ4n) is 2.04. The molecule has 0 aromatic carbocycles. The fraction of sp³-hybridized carbons (Fsp3) is 1.00. The van der Waals surface area contributed by atoms with E-state index < -0.39 is 17.3 Å². The van der Waals surface area contributed by atoms with Crippen LogP contribution in [-0.2, 0) is 0 Å². The Bertz CT molecular complexity index is 165. The molecule has 76 valence electrons. The Morgan fingerprint density at radius 1 is 0.929 bits per heavy atom. The van der Waals surface area contributed by atoms with Crippen LogP contribution in [0.1, 0.15) is 32.6 Å². The van der Waals surface area contributed by atoms with E-state index in [0.717, 1.165) is 0 Å². The molecule has 0 aromatic heterocycles. The Kier molecular flexibility index (Phi) is 3.27. The maximum atomic E-state index is 12.3. The predicted octanol–water partition coefficient (Wildman–Crippen LogP) is 2.83. The zero-order chi connectivity index (χ0) is 11.0. The van der Waals surface area contributed by atoms with Crippen LogP contribution < -0.4 is 0 Å². The van der Waals surface area contributed by atoms with Gasteiger partial charge in [0.15, 0.2) is 0 Å². The monoisotopic (exact) mass is 200 g/mol. The fourth-order valence-corrected chi connectivity index (χ4v) is 2.04. The molecule has 1 aliphatic carbocycles. The van der Waals surface area contributed by atoms with Crippen LogP contribution in [0.25, 0.3) is 0 Å². The summed E-state index contributed by atoms with van der Waals surface area (Å²) in [6.45, 7) is 1.67. The molecule has 1 saturated carbocycles. The molecule has 4 radical (unpaired) electrons. The highest BCUT2D eigenvalue weighted by atomic mass is 19.4. The van der Waals surface area contributed by atoms with Gasteiger partial charge in [-0.15, -0.1) is 0 Å². The van der Waals surface area contributed by atoms with Crippen LogP contribution in [0.2, 0.25) is 5.21 Å². The highest BCUT2D eigenvalue weighted by molar-refractivity contribution is 6.39. The van der Waals surface area contributed by atoms with E-state index >= 15 is 0 Å². The highest BCUT2D eigenvalue weighted by Crippen LogP contribution is 2.45. The Balaban J connectivity index is 2.47. The lowest BCUT2D eigenvalue weighted by atomic mass is 9.47. The molecular weight excluding hydrogens is 187 g/mol. The van der Waals surface area contributed by atoms with E-state index in [1.807, 2.05) is 0 Å². The second-order valence-corrected chi connectivity index (χ2v) is 4.46. The first-order valence-electron chi connectivity index (χ1n) is 4.85. The number of alkyl halides is 3. The van der Waals surface area contributed by atoms with E-state index in [2.05, 4.69) is 0 Å². The third-order valence-electron chi connectivity index (χ3n) is 3.07. The molecule has 0 heterocycles. The van der Waals surface area contributed by atoms with Crippen molar-refractivity contribution < 1.29 is 13.2 Å². The van der Waals surface area contributed by atoms with E-state index in [1.54, 1.807) is 6.92 Å². The quantitative estimate of drug-likeness (QED) is 0.570. The van der Waals surface area contributed by atoms with Crippen LogP contribution >= 0.6 is 0 Å². The van der Waals surface area contributed by atoms with Crippen molar-refractivity contribution in [2.75, 3.05) is 0 Å². The number of hydrogen-bond acceptors (Lipinski definition) is 0. The lowest BCUT2D eigenvalue weighted by molar-refractivity contribution is -0.184. The maximum Gasteiger partial charge on any atom is 0.391 e. The van der Waals surface area contributed by atoms with Crippen molar-refractivity contribution in [2.24, 2.45) is 11.8 Å². The molecule has 0 bridgehead atoms. The molecule has 0 atom stereocenters. The zero-order valence-electron chi connectivity index (χ0n) is 8.27. The highest BCUT2D eigenvalue weighted by Gasteiger charge is 2.42. The van der Waals surface area contributed by atoms with Crippen molar-refractivity contribution in [1.82, 2.24) is 0 Å². The van der Waals surface area contributed by atoms with Crippen LogP contribution in [0.5, 0.6) is 0 Å². The lowest BCUT2D eigenvalue weighted by Gasteiger charge is -2.38. The normalized spacial score (nSPS) is 30.3. The average molecular weight is 200 g/mol. The van der Waals surface area contributed by atoms with Crippen LogP contribution in [0.3, 0.4) is 0 Å². The average Bonchev–Trinajstić information content (AvgIpc) is 2.01. The van der Waals surface area contributed by atoms with Crippen molar-refractivity contribution >= 4 is 15.7 Å². The van der Waals surface area contributed by atoms with Gasteiger partial charge in [0, 0.05) is 0 Å². The molecule has 1 fully saturated rings. The minimum absolute atomic E-state index is 0.0149. The number of hydrogen-bond donors (Lipinski definition) is 0. The summed E-state index contributed by atoms with van der Waals surface area (Å²) in [7, 11) is 11.3. The standard InChI is InChI=1S/C9H13B2F3/c1-8(10,11)6-2-4-7(5-3-6)9(12,13)14/h6-7H,2-5H2,1H3. The van der Waals surface area contributed by atoms with E-state index in [1.165, 1.54) is 0 Å². The Morgan fingerprint density at radius 3 is 1.57 bits per heavy atom. The van der Waals surface area contributed by atoms with Gasteiger partial charge in [-0.25, -0.2) is 0 Å².